The summed E-state index contributed by atoms with van der Waals surface area (Å²) in [5, 5.41) is 0. The van der Waals surface area contributed by atoms with Gasteiger partial charge in [-0.05, 0) is 54.6 Å². The summed E-state index contributed by atoms with van der Waals surface area (Å²) in [6.07, 6.45) is -37.5. The first-order chi connectivity index (χ1) is 21.9. The summed E-state index contributed by atoms with van der Waals surface area (Å²) in [6, 6.07) is -3.57. The second-order valence-corrected chi connectivity index (χ2v) is 9.49. The fourth-order valence-electron chi connectivity index (χ4n) is 3.87. The second-order valence-electron chi connectivity index (χ2n) is 9.49. The number of hydrogen-bond acceptors (Lipinski definition) is 4. The van der Waals surface area contributed by atoms with Crippen LogP contribution in [0.25, 0.3) is 0 Å². The molecule has 49 heavy (non-hydrogen) atoms. The fraction of sp³-hybridized carbons (Fsp3) is 0.259. The van der Waals surface area contributed by atoms with Gasteiger partial charge in [0.05, 0.1) is 44.5 Å². The summed E-state index contributed by atoms with van der Waals surface area (Å²) in [5.41, 5.74) is -19.2. The van der Waals surface area contributed by atoms with Gasteiger partial charge < -0.3 is 9.47 Å². The third kappa shape index (κ3) is 9.28. The maximum Gasteiger partial charge on any atom is 0.417 e. The van der Waals surface area contributed by atoms with Crippen molar-refractivity contribution in [3.63, 3.8) is 0 Å². The number of ether oxygens (including phenoxy) is 2. The second kappa shape index (κ2) is 12.7. The summed E-state index contributed by atoms with van der Waals surface area (Å²) in [4.78, 5) is 25.6. The van der Waals surface area contributed by atoms with Crippen molar-refractivity contribution < 1.29 is 98.1 Å². The first kappa shape index (κ1) is 38.8. The molecule has 3 aromatic rings. The van der Waals surface area contributed by atoms with E-state index in [4.69, 9.17) is 0 Å². The molecule has 0 aliphatic carbocycles. The number of hydrogen-bond donors (Lipinski definition) is 0. The van der Waals surface area contributed by atoms with E-state index in [2.05, 4.69) is 9.47 Å². The lowest BCUT2D eigenvalue weighted by Crippen LogP contribution is -2.24. The maximum atomic E-state index is 13.6. The van der Waals surface area contributed by atoms with E-state index in [9.17, 15) is 88.6 Å². The number of rotatable bonds is 5. The summed E-state index contributed by atoms with van der Waals surface area (Å²) >= 11 is 0. The van der Waals surface area contributed by atoms with Gasteiger partial charge >= 0.3 is 49.0 Å². The van der Waals surface area contributed by atoms with Crippen molar-refractivity contribution in [3.8, 4) is 0 Å². The van der Waals surface area contributed by atoms with Crippen LogP contribution in [0.4, 0.5) is 79.0 Å². The summed E-state index contributed by atoms with van der Waals surface area (Å²) in [5.74, 6) is -5.41. The molecule has 0 spiro atoms. The van der Waals surface area contributed by atoms with E-state index < -0.39 is 136 Å². The van der Waals surface area contributed by atoms with Gasteiger partial charge in [0.25, 0.3) is 6.29 Å². The number of carbonyl (C=O) groups is 2. The highest BCUT2D eigenvalue weighted by molar-refractivity contribution is 5.93. The minimum absolute atomic E-state index is 0.203. The minimum Gasteiger partial charge on any atom is -0.417 e. The predicted molar refractivity (Wildman–Crippen MR) is 123 cm³/mol. The average Bonchev–Trinajstić information content (AvgIpc) is 2.93. The SMILES string of the molecule is O=C(OC(OC(=O)c1cc(C(F)(F)F)ccc1C(F)(F)F)c1cc(C(F)(F)F)cc(C(F)(F)F)c1)c1cc(C(F)(F)F)ccc1C(F)(F)F. The van der Waals surface area contributed by atoms with Gasteiger partial charge in [0.1, 0.15) is 0 Å². The van der Waals surface area contributed by atoms with E-state index in [1.165, 1.54) is 0 Å². The van der Waals surface area contributed by atoms with Gasteiger partial charge in [0.2, 0.25) is 0 Å². The Morgan fingerprint density at radius 1 is 0.408 bits per heavy atom. The van der Waals surface area contributed by atoms with E-state index in [1.54, 1.807) is 0 Å². The molecule has 0 heterocycles. The van der Waals surface area contributed by atoms with Crippen LogP contribution in [0.5, 0.6) is 0 Å². The van der Waals surface area contributed by atoms with Crippen molar-refractivity contribution in [2.24, 2.45) is 0 Å². The van der Waals surface area contributed by atoms with E-state index in [0.29, 0.717) is 0 Å². The highest BCUT2D eigenvalue weighted by atomic mass is 19.4. The predicted octanol–water partition coefficient (Wildman–Crippen LogP) is 10.5. The van der Waals surface area contributed by atoms with Crippen LogP contribution in [-0.2, 0) is 46.5 Å². The van der Waals surface area contributed by atoms with E-state index in [-0.39, 0.29) is 24.3 Å². The zero-order valence-electron chi connectivity index (χ0n) is 22.7. The maximum absolute atomic E-state index is 13.6. The molecule has 0 atom stereocenters. The Labute approximate surface area is 258 Å². The quantitative estimate of drug-likeness (QED) is 0.149. The van der Waals surface area contributed by atoms with E-state index in [0.717, 1.165) is 0 Å². The first-order valence-electron chi connectivity index (χ1n) is 12.2. The smallest absolute Gasteiger partial charge is 0.417 e. The Kier molecular flexibility index (Phi) is 10.0. The molecule has 0 aliphatic rings. The Morgan fingerprint density at radius 2 is 0.714 bits per heavy atom. The van der Waals surface area contributed by atoms with Crippen molar-refractivity contribution in [2.45, 2.75) is 43.3 Å². The molecule has 0 fully saturated rings. The Morgan fingerprint density at radius 3 is 0.980 bits per heavy atom. The zero-order chi connectivity index (χ0) is 37.7. The van der Waals surface area contributed by atoms with Crippen molar-refractivity contribution >= 4 is 11.9 Å². The molecule has 0 saturated heterocycles. The van der Waals surface area contributed by atoms with Crippen molar-refractivity contribution in [1.29, 1.82) is 0 Å². The Balaban J connectivity index is 2.31. The van der Waals surface area contributed by atoms with Crippen molar-refractivity contribution in [1.82, 2.24) is 0 Å². The third-order valence-electron chi connectivity index (χ3n) is 6.05. The largest absolute Gasteiger partial charge is 0.417 e. The van der Waals surface area contributed by atoms with Gasteiger partial charge in [-0.15, -0.1) is 0 Å². The van der Waals surface area contributed by atoms with Crippen LogP contribution in [0.1, 0.15) is 66.0 Å². The lowest BCUT2D eigenvalue weighted by molar-refractivity contribution is -0.144. The number of alkyl halides is 18. The molecule has 0 aliphatic heterocycles. The molecule has 4 nitrogen and oxygen atoms in total. The van der Waals surface area contributed by atoms with Gasteiger partial charge in [-0.3, -0.25) is 0 Å². The van der Waals surface area contributed by atoms with E-state index >= 15 is 0 Å². The van der Waals surface area contributed by atoms with Crippen molar-refractivity contribution in [2.75, 3.05) is 0 Å². The van der Waals surface area contributed by atoms with Crippen molar-refractivity contribution in [3.05, 3.63) is 105 Å². The number of halogens is 18. The average molecular weight is 740 g/mol. The van der Waals surface area contributed by atoms with Gasteiger partial charge in [-0.2, -0.15) is 79.0 Å². The van der Waals surface area contributed by atoms with Crippen LogP contribution < -0.4 is 0 Å². The lowest BCUT2D eigenvalue weighted by atomic mass is 10.0. The van der Waals surface area contributed by atoms with Crippen LogP contribution in [0.2, 0.25) is 0 Å². The molecule has 0 radical (unpaired) electrons. The standard InChI is InChI=1S/C27H10F18O4/c28-22(29,30)11-1-3-17(26(40,41)42)15(8-11)19(46)48-21(10-5-13(24(34,35)36)7-14(6-10)25(37,38)39)49-20(47)16-9-12(23(31,32)33)2-4-18(16)27(43,44)45/h1-9,21H. The number of carbonyl (C=O) groups excluding carboxylic acids is 2. The Bertz CT molecular complexity index is 1600. The molecular formula is C27H10F18O4. The number of benzene rings is 3. The third-order valence-corrected chi connectivity index (χ3v) is 6.05. The number of esters is 2. The van der Waals surface area contributed by atoms with Gasteiger partial charge in [0, 0.05) is 5.56 Å². The monoisotopic (exact) mass is 740 g/mol. The fourth-order valence-corrected chi connectivity index (χ4v) is 3.87. The first-order valence-corrected chi connectivity index (χ1v) is 12.2. The van der Waals surface area contributed by atoms with Crippen LogP contribution in [-0.4, -0.2) is 11.9 Å². The Hall–Kier alpha value is -4.66. The molecule has 3 rings (SSSR count). The molecule has 0 N–H and O–H groups in total. The normalized spacial score (nSPS) is 13.4. The molecule has 0 aromatic heterocycles. The van der Waals surface area contributed by atoms with Crippen LogP contribution in [0.15, 0.2) is 54.6 Å². The van der Waals surface area contributed by atoms with Crippen LogP contribution >= 0.6 is 0 Å². The molecular weight excluding hydrogens is 730 g/mol. The van der Waals surface area contributed by atoms with E-state index in [1.807, 2.05) is 0 Å². The summed E-state index contributed by atoms with van der Waals surface area (Å²) in [6.45, 7) is 0. The lowest BCUT2D eigenvalue weighted by Gasteiger charge is -2.23. The molecule has 0 unspecified atom stereocenters. The molecule has 268 valence electrons. The molecule has 22 heteroatoms. The molecule has 0 amide bonds. The summed E-state index contributed by atoms with van der Waals surface area (Å²) in [7, 11) is 0. The van der Waals surface area contributed by atoms with Gasteiger partial charge in [0.15, 0.2) is 0 Å². The molecule has 0 saturated carbocycles. The van der Waals surface area contributed by atoms with Crippen LogP contribution in [0.3, 0.4) is 0 Å². The molecule has 3 aromatic carbocycles. The van der Waals surface area contributed by atoms with Crippen LogP contribution in [0, 0.1) is 0 Å². The summed E-state index contributed by atoms with van der Waals surface area (Å²) < 4.78 is 250. The highest BCUT2D eigenvalue weighted by Crippen LogP contribution is 2.42. The topological polar surface area (TPSA) is 52.6 Å². The van der Waals surface area contributed by atoms with Gasteiger partial charge in [-0.1, -0.05) is 0 Å². The zero-order valence-corrected chi connectivity index (χ0v) is 22.7. The minimum atomic E-state index is -5.75. The van der Waals surface area contributed by atoms with Gasteiger partial charge in [-0.25, -0.2) is 9.59 Å². The highest BCUT2D eigenvalue weighted by Gasteiger charge is 2.43. The molecule has 0 bridgehead atoms.